The normalized spacial score (nSPS) is 14.6. The Labute approximate surface area is 166 Å². The van der Waals surface area contributed by atoms with Crippen LogP contribution in [0.4, 0.5) is 11.4 Å². The molecular formula is C20H20ClN5O2. The molecule has 2 amide bonds. The molecule has 144 valence electrons. The van der Waals surface area contributed by atoms with Gasteiger partial charge in [0.05, 0.1) is 10.6 Å². The number of pyridine rings is 1. The van der Waals surface area contributed by atoms with Crippen molar-refractivity contribution in [3.8, 4) is 0 Å². The number of hydrogen-bond donors (Lipinski definition) is 3. The summed E-state index contributed by atoms with van der Waals surface area (Å²) < 4.78 is 0. The van der Waals surface area contributed by atoms with E-state index in [0.717, 1.165) is 10.9 Å². The van der Waals surface area contributed by atoms with Crippen LogP contribution in [0.5, 0.6) is 0 Å². The highest BCUT2D eigenvalue weighted by Crippen LogP contribution is 2.35. The van der Waals surface area contributed by atoms with Crippen molar-refractivity contribution in [2.75, 3.05) is 11.1 Å². The number of nitrogens with two attached hydrogens (primary N) is 1. The summed E-state index contributed by atoms with van der Waals surface area (Å²) in [4.78, 5) is 35.1. The number of amides is 2. The van der Waals surface area contributed by atoms with Crippen molar-refractivity contribution < 1.29 is 9.59 Å². The molecule has 7 nitrogen and oxygen atoms in total. The van der Waals surface area contributed by atoms with E-state index >= 15 is 0 Å². The third kappa shape index (κ3) is 2.97. The zero-order valence-corrected chi connectivity index (χ0v) is 16.2. The summed E-state index contributed by atoms with van der Waals surface area (Å²) in [7, 11) is 0. The maximum absolute atomic E-state index is 13.2. The minimum atomic E-state index is -0.660. The van der Waals surface area contributed by atoms with E-state index in [1.807, 2.05) is 13.8 Å². The first-order valence-electron chi connectivity index (χ1n) is 8.98. The Morgan fingerprint density at radius 1 is 1.32 bits per heavy atom. The van der Waals surface area contributed by atoms with E-state index < -0.39 is 6.04 Å². The van der Waals surface area contributed by atoms with E-state index in [1.54, 1.807) is 41.6 Å². The van der Waals surface area contributed by atoms with Crippen LogP contribution in [0, 0.1) is 5.92 Å². The number of hydrogen-bond acceptors (Lipinski definition) is 4. The standard InChI is InChI=1S/C20H20ClN5O2/c1-10(2)17(19(27)25-12-5-3-11(22)4-6-12)26-9-14-15(21)8-24-18-16(14)13(7-23-18)20(26)28/h3-8,10,17H,9,22H2,1-2H3,(H,23,24)(H,25,27)/t17-/m1/s1. The molecule has 4 N–H and O–H groups in total. The van der Waals surface area contributed by atoms with Gasteiger partial charge in [0.25, 0.3) is 5.91 Å². The van der Waals surface area contributed by atoms with Crippen molar-refractivity contribution in [3.63, 3.8) is 0 Å². The molecule has 2 aromatic heterocycles. The van der Waals surface area contributed by atoms with Gasteiger partial charge in [-0.15, -0.1) is 0 Å². The van der Waals surface area contributed by atoms with Crippen LogP contribution >= 0.6 is 11.6 Å². The average molecular weight is 398 g/mol. The van der Waals surface area contributed by atoms with Crippen molar-refractivity contribution in [1.82, 2.24) is 14.9 Å². The van der Waals surface area contributed by atoms with Gasteiger partial charge in [-0.1, -0.05) is 25.4 Å². The van der Waals surface area contributed by atoms with E-state index in [1.165, 1.54) is 0 Å². The molecule has 3 aromatic rings. The van der Waals surface area contributed by atoms with Gasteiger partial charge in [0.1, 0.15) is 11.7 Å². The summed E-state index contributed by atoms with van der Waals surface area (Å²) in [5, 5.41) is 4.09. The number of carbonyl (C=O) groups excluding carboxylic acids is 2. The molecule has 1 aliphatic heterocycles. The highest BCUT2D eigenvalue weighted by Gasteiger charge is 2.38. The van der Waals surface area contributed by atoms with Gasteiger partial charge in [0.2, 0.25) is 5.91 Å². The molecule has 28 heavy (non-hydrogen) atoms. The number of aromatic nitrogens is 2. The molecule has 0 bridgehead atoms. The maximum atomic E-state index is 13.2. The van der Waals surface area contributed by atoms with Gasteiger partial charge in [-0.3, -0.25) is 9.59 Å². The highest BCUT2D eigenvalue weighted by atomic mass is 35.5. The molecule has 0 unspecified atom stereocenters. The largest absolute Gasteiger partial charge is 0.399 e. The van der Waals surface area contributed by atoms with E-state index in [9.17, 15) is 9.59 Å². The lowest BCUT2D eigenvalue weighted by Gasteiger charge is -2.36. The second kappa shape index (κ2) is 6.83. The van der Waals surface area contributed by atoms with Gasteiger partial charge in [-0.05, 0) is 30.2 Å². The van der Waals surface area contributed by atoms with E-state index in [-0.39, 0.29) is 24.3 Å². The molecule has 1 aliphatic rings. The molecule has 0 fully saturated rings. The van der Waals surface area contributed by atoms with Gasteiger partial charge < -0.3 is 20.9 Å². The molecule has 1 atom stereocenters. The second-order valence-corrected chi connectivity index (χ2v) is 7.65. The van der Waals surface area contributed by atoms with Gasteiger partial charge in [0, 0.05) is 41.3 Å². The zero-order chi connectivity index (χ0) is 20.0. The molecule has 0 aliphatic carbocycles. The number of rotatable bonds is 4. The van der Waals surface area contributed by atoms with Crippen LogP contribution in [0.3, 0.4) is 0 Å². The Morgan fingerprint density at radius 3 is 2.71 bits per heavy atom. The summed E-state index contributed by atoms with van der Waals surface area (Å²) >= 11 is 6.36. The highest BCUT2D eigenvalue weighted by molar-refractivity contribution is 6.32. The third-order valence-corrected chi connectivity index (χ3v) is 5.32. The lowest BCUT2D eigenvalue weighted by Crippen LogP contribution is -2.51. The molecular weight excluding hydrogens is 378 g/mol. The van der Waals surface area contributed by atoms with Crippen molar-refractivity contribution in [2.24, 2.45) is 5.92 Å². The summed E-state index contributed by atoms with van der Waals surface area (Å²) in [5.41, 5.74) is 8.84. The van der Waals surface area contributed by atoms with Gasteiger partial charge in [0.15, 0.2) is 0 Å². The van der Waals surface area contributed by atoms with Crippen LogP contribution in [0.15, 0.2) is 36.7 Å². The average Bonchev–Trinajstić information content (AvgIpc) is 3.08. The number of aromatic amines is 1. The van der Waals surface area contributed by atoms with E-state index in [4.69, 9.17) is 17.3 Å². The molecule has 4 rings (SSSR count). The molecule has 0 radical (unpaired) electrons. The Morgan fingerprint density at radius 2 is 2.04 bits per heavy atom. The van der Waals surface area contributed by atoms with Crippen LogP contribution in [-0.4, -0.2) is 32.7 Å². The van der Waals surface area contributed by atoms with Gasteiger partial charge in [-0.25, -0.2) is 4.98 Å². The van der Waals surface area contributed by atoms with Crippen molar-refractivity contribution in [3.05, 3.63) is 52.8 Å². The molecule has 0 saturated heterocycles. The summed E-state index contributed by atoms with van der Waals surface area (Å²) in [6, 6.07) is 6.23. The lowest BCUT2D eigenvalue weighted by atomic mass is 9.95. The number of nitrogen functional groups attached to an aromatic ring is 1. The fourth-order valence-electron chi connectivity index (χ4n) is 3.67. The number of carbonyl (C=O) groups is 2. The summed E-state index contributed by atoms with van der Waals surface area (Å²) in [6.07, 6.45) is 3.19. The second-order valence-electron chi connectivity index (χ2n) is 7.24. The fourth-order valence-corrected chi connectivity index (χ4v) is 3.87. The Kier molecular flexibility index (Phi) is 4.47. The molecule has 1 aromatic carbocycles. The quantitative estimate of drug-likeness (QED) is 0.586. The smallest absolute Gasteiger partial charge is 0.257 e. The Bertz CT molecular complexity index is 1070. The van der Waals surface area contributed by atoms with E-state index in [0.29, 0.717) is 27.6 Å². The minimum Gasteiger partial charge on any atom is -0.399 e. The van der Waals surface area contributed by atoms with Crippen molar-refractivity contribution in [2.45, 2.75) is 26.4 Å². The summed E-state index contributed by atoms with van der Waals surface area (Å²) in [5.74, 6) is -0.572. The third-order valence-electron chi connectivity index (χ3n) is 4.99. The van der Waals surface area contributed by atoms with Crippen molar-refractivity contribution in [1.29, 1.82) is 0 Å². The Balaban J connectivity index is 1.68. The lowest BCUT2D eigenvalue weighted by molar-refractivity contribution is -0.122. The fraction of sp³-hybridized carbons (Fsp3) is 0.250. The molecule has 0 spiro atoms. The minimum absolute atomic E-state index is 0.102. The van der Waals surface area contributed by atoms with Crippen molar-refractivity contribution >= 4 is 45.8 Å². The first-order chi connectivity index (χ1) is 13.4. The van der Waals surface area contributed by atoms with Crippen LogP contribution in [-0.2, 0) is 11.3 Å². The number of halogens is 1. The van der Waals surface area contributed by atoms with Crippen LogP contribution in [0.2, 0.25) is 5.02 Å². The maximum Gasteiger partial charge on any atom is 0.257 e. The molecule has 8 heteroatoms. The SMILES string of the molecule is CC(C)[C@H](C(=O)Nc1ccc(N)cc1)N1Cc2c(Cl)cnc3[nH]cc(c23)C1=O. The number of H-pyrrole nitrogens is 1. The number of anilines is 2. The molecule has 3 heterocycles. The predicted octanol–water partition coefficient (Wildman–Crippen LogP) is 3.42. The number of nitrogens with zero attached hydrogens (tertiary/aromatic N) is 2. The predicted molar refractivity (Wildman–Crippen MR) is 109 cm³/mol. The van der Waals surface area contributed by atoms with Crippen LogP contribution in [0.1, 0.15) is 29.8 Å². The first-order valence-corrected chi connectivity index (χ1v) is 9.36. The van der Waals surface area contributed by atoms with Gasteiger partial charge in [-0.2, -0.15) is 0 Å². The summed E-state index contributed by atoms with van der Waals surface area (Å²) in [6.45, 7) is 4.08. The van der Waals surface area contributed by atoms with Crippen LogP contribution < -0.4 is 11.1 Å². The zero-order valence-electron chi connectivity index (χ0n) is 15.5. The van der Waals surface area contributed by atoms with Gasteiger partial charge >= 0.3 is 0 Å². The van der Waals surface area contributed by atoms with Crippen LogP contribution in [0.25, 0.3) is 11.0 Å². The number of nitrogens with one attached hydrogen (secondary N) is 2. The Hall–Kier alpha value is -3.06. The topological polar surface area (TPSA) is 104 Å². The monoisotopic (exact) mass is 397 g/mol. The molecule has 0 saturated carbocycles. The van der Waals surface area contributed by atoms with E-state index in [2.05, 4.69) is 15.3 Å². The number of benzene rings is 1. The first kappa shape index (κ1) is 18.3.